The standard InChI is InChI=1S/6C9H9NO2.Tc/c6*1-10-7-4-8(11-2)6-9(5-7)12-3;/h6*4-6H,2-3H3;/q;;;;;;+6. The summed E-state index contributed by atoms with van der Waals surface area (Å²) in [5, 5.41) is 0. The van der Waals surface area contributed by atoms with E-state index in [0.29, 0.717) is 103 Å². The Morgan fingerprint density at radius 3 is 0.329 bits per heavy atom. The molecule has 0 atom stereocenters. The van der Waals surface area contributed by atoms with Crippen molar-refractivity contribution in [1.29, 1.82) is 0 Å². The van der Waals surface area contributed by atoms with Crippen LogP contribution in [0.5, 0.6) is 69.0 Å². The Labute approximate surface area is 441 Å². The van der Waals surface area contributed by atoms with E-state index in [0.717, 1.165) is 0 Å². The van der Waals surface area contributed by atoms with Gasteiger partial charge in [-0.1, -0.05) is 0 Å². The van der Waals surface area contributed by atoms with Crippen LogP contribution >= 0.6 is 0 Å². The normalized spacial score (nSPS) is 8.63. The molecule has 6 aromatic rings. The number of benzene rings is 6. The first kappa shape index (κ1) is 63.5. The van der Waals surface area contributed by atoms with Gasteiger partial charge < -0.3 is 56.8 Å². The molecule has 6 aromatic carbocycles. The zero-order valence-electron chi connectivity index (χ0n) is 42.4. The van der Waals surface area contributed by atoms with Gasteiger partial charge in [0, 0.05) is 36.4 Å². The summed E-state index contributed by atoms with van der Waals surface area (Å²) in [5.41, 5.74) is 3.12. The van der Waals surface area contributed by atoms with Gasteiger partial charge in [0.25, 0.3) is 0 Å². The first-order valence-electron chi connectivity index (χ1n) is 20.4. The van der Waals surface area contributed by atoms with Crippen LogP contribution < -0.4 is 56.8 Å². The van der Waals surface area contributed by atoms with E-state index in [1.807, 2.05) is 0 Å². The Morgan fingerprint density at radius 1 is 0.192 bits per heavy atom. The fourth-order valence-corrected chi connectivity index (χ4v) is 5.14. The molecule has 0 aromatic heterocycles. The number of nitrogens with zero attached hydrogens (tertiary/aromatic N) is 6. The van der Waals surface area contributed by atoms with Crippen LogP contribution in [0.15, 0.2) is 109 Å². The van der Waals surface area contributed by atoms with Crippen molar-refractivity contribution >= 4 is 34.1 Å². The average molecular weight is 1080 g/mol. The monoisotopic (exact) mass is 1080 g/mol. The third-order valence-electron chi connectivity index (χ3n) is 8.79. The molecule has 6 rings (SSSR count). The molecular weight excluding hydrogens is 1020 g/mol. The minimum atomic E-state index is 0. The van der Waals surface area contributed by atoms with Gasteiger partial charge in [0.15, 0.2) is 34.1 Å². The predicted octanol–water partition coefficient (Wildman–Crippen LogP) is 13.5. The van der Waals surface area contributed by atoms with E-state index >= 15 is 0 Å². The molecule has 0 aliphatic carbocycles. The van der Waals surface area contributed by atoms with Gasteiger partial charge in [-0.2, -0.15) is 0 Å². The molecule has 18 nitrogen and oxygen atoms in total. The minimum Gasteiger partial charge on any atom is -0.498 e. The molecule has 0 unspecified atom stereocenters. The van der Waals surface area contributed by atoms with Crippen molar-refractivity contribution in [2.75, 3.05) is 85.3 Å². The van der Waals surface area contributed by atoms with E-state index in [1.54, 1.807) is 195 Å². The Morgan fingerprint density at radius 2 is 0.274 bits per heavy atom. The summed E-state index contributed by atoms with van der Waals surface area (Å²) in [6.45, 7) is 40.8. The maximum absolute atomic E-state index is 6.80. The summed E-state index contributed by atoms with van der Waals surface area (Å²) in [5.74, 6) is 7.67. The summed E-state index contributed by atoms with van der Waals surface area (Å²) in [7, 11) is 18.7. The number of hydrogen-bond donors (Lipinski definition) is 0. The molecule has 0 saturated heterocycles. The van der Waals surface area contributed by atoms with Gasteiger partial charge in [-0.3, -0.25) is 0 Å². The first-order valence-corrected chi connectivity index (χ1v) is 20.4. The fraction of sp³-hybridized carbons (Fsp3) is 0.222. The molecule has 373 valence electrons. The van der Waals surface area contributed by atoms with Crippen LogP contribution in [0, 0.1) is 39.4 Å². The van der Waals surface area contributed by atoms with Crippen molar-refractivity contribution in [3.8, 4) is 69.0 Å². The molecule has 0 spiro atoms. The van der Waals surface area contributed by atoms with E-state index in [1.165, 1.54) is 0 Å². The van der Waals surface area contributed by atoms with E-state index in [-0.39, 0.29) is 20.1 Å². The van der Waals surface area contributed by atoms with Crippen molar-refractivity contribution < 1.29 is 76.9 Å². The topological polar surface area (TPSA) is 137 Å². The predicted molar refractivity (Wildman–Crippen MR) is 275 cm³/mol. The van der Waals surface area contributed by atoms with E-state index < -0.39 is 0 Å². The number of rotatable bonds is 12. The Kier molecular flexibility index (Phi) is 31.7. The molecule has 73 heavy (non-hydrogen) atoms. The molecule has 0 amide bonds. The molecular formula is C54H54N6O12Tc+6. The fourth-order valence-electron chi connectivity index (χ4n) is 5.14. The number of ether oxygens (including phenoxy) is 12. The second kappa shape index (κ2) is 36.5. The zero-order valence-corrected chi connectivity index (χ0v) is 44.2. The zero-order chi connectivity index (χ0) is 53.8. The summed E-state index contributed by atoms with van der Waals surface area (Å²) in [6, 6.07) is 30.3. The molecule has 0 saturated carbocycles. The van der Waals surface area contributed by atoms with Gasteiger partial charge in [0.05, 0.1) is 125 Å². The van der Waals surface area contributed by atoms with Crippen LogP contribution in [0.4, 0.5) is 34.1 Å². The second-order valence-corrected chi connectivity index (χ2v) is 13.1. The van der Waals surface area contributed by atoms with Crippen molar-refractivity contribution in [3.05, 3.63) is 178 Å². The Balaban J connectivity index is 0.000000850. The van der Waals surface area contributed by atoms with Gasteiger partial charge >= 0.3 is 20.1 Å². The van der Waals surface area contributed by atoms with Crippen LogP contribution in [0.3, 0.4) is 0 Å². The summed E-state index contributed by atoms with van der Waals surface area (Å²) < 4.78 is 59.7. The van der Waals surface area contributed by atoms with Crippen molar-refractivity contribution in [3.63, 3.8) is 0 Å². The van der Waals surface area contributed by atoms with Crippen molar-refractivity contribution in [2.45, 2.75) is 0 Å². The second-order valence-electron chi connectivity index (χ2n) is 13.1. The quantitative estimate of drug-likeness (QED) is 0.108. The van der Waals surface area contributed by atoms with Gasteiger partial charge in [-0.25, -0.2) is 29.1 Å². The third kappa shape index (κ3) is 23.6. The largest absolute Gasteiger partial charge is 6.00 e. The van der Waals surface area contributed by atoms with E-state index in [9.17, 15) is 0 Å². The van der Waals surface area contributed by atoms with Gasteiger partial charge in [-0.15, -0.1) is 0 Å². The number of methoxy groups -OCH3 is 12. The SMILES string of the molecule is [C-]#[N+]c1cc(OC)cc(OC)c1.[C-]#[N+]c1cc(OC)cc(OC)c1.[C-]#[N+]c1cc(OC)cc(OC)c1.[C-]#[N+]c1cc(OC)cc(OC)c1.[C-]#[N+]c1cc(OC)cc(OC)c1.[C-]#[N+]c1cc(OC)cc(OC)c1.[Tc+6]. The smallest absolute Gasteiger partial charge is 0.498 e. The Bertz CT molecular complexity index is 2270. The molecule has 0 bridgehead atoms. The molecule has 0 N–H and O–H groups in total. The molecule has 19 heteroatoms. The molecule has 1 radical (unpaired) electrons. The van der Waals surface area contributed by atoms with Gasteiger partial charge in [0.1, 0.15) is 69.0 Å². The molecule has 0 aliphatic rings. The van der Waals surface area contributed by atoms with E-state index in [2.05, 4.69) is 29.1 Å². The van der Waals surface area contributed by atoms with Crippen LogP contribution in [-0.2, 0) is 20.1 Å². The average Bonchev–Trinajstić information content (AvgIpc) is 3.46. The maximum Gasteiger partial charge on any atom is 6.00 e. The Hall–Kier alpha value is -9.49. The van der Waals surface area contributed by atoms with Crippen LogP contribution in [0.1, 0.15) is 0 Å². The van der Waals surface area contributed by atoms with Crippen molar-refractivity contribution in [2.24, 2.45) is 0 Å². The number of hydrogen-bond acceptors (Lipinski definition) is 12. The molecule has 0 fully saturated rings. The minimum absolute atomic E-state index is 0. The van der Waals surface area contributed by atoms with Gasteiger partial charge in [0.2, 0.25) is 0 Å². The van der Waals surface area contributed by atoms with E-state index in [4.69, 9.17) is 96.3 Å². The van der Waals surface area contributed by atoms with Crippen LogP contribution in [0.25, 0.3) is 29.1 Å². The summed E-state index contributed by atoms with van der Waals surface area (Å²) >= 11 is 0. The molecule has 0 heterocycles. The maximum atomic E-state index is 6.80. The summed E-state index contributed by atoms with van der Waals surface area (Å²) in [4.78, 5) is 19.7. The van der Waals surface area contributed by atoms with Crippen LogP contribution in [-0.4, -0.2) is 85.3 Å². The third-order valence-corrected chi connectivity index (χ3v) is 8.79. The summed E-state index contributed by atoms with van der Waals surface area (Å²) in [6.07, 6.45) is 0. The first-order chi connectivity index (χ1) is 34.8. The molecule has 0 aliphatic heterocycles. The van der Waals surface area contributed by atoms with Crippen LogP contribution in [0.2, 0.25) is 0 Å². The van der Waals surface area contributed by atoms with Crippen molar-refractivity contribution in [1.82, 2.24) is 0 Å². The van der Waals surface area contributed by atoms with Gasteiger partial charge in [-0.05, 0) is 72.8 Å².